The van der Waals surface area contributed by atoms with Crippen LogP contribution in [0.4, 0.5) is 0 Å². The summed E-state index contributed by atoms with van der Waals surface area (Å²) in [7, 11) is 3.11. The molecule has 0 aromatic carbocycles. The minimum Gasteiger partial charge on any atom is -0.464 e. The molecule has 2 unspecified atom stereocenters. The van der Waals surface area contributed by atoms with Gasteiger partial charge in [0.25, 0.3) is 0 Å². The maximum Gasteiger partial charge on any atom is 0.319 e. The lowest BCUT2D eigenvalue weighted by atomic mass is 9.88. The van der Waals surface area contributed by atoms with Crippen molar-refractivity contribution in [2.24, 2.45) is 5.41 Å². The van der Waals surface area contributed by atoms with Crippen LogP contribution in [-0.2, 0) is 28.5 Å². The van der Waals surface area contributed by atoms with Gasteiger partial charge in [0.15, 0.2) is 6.29 Å². The fourth-order valence-electron chi connectivity index (χ4n) is 2.73. The normalized spacial score (nSPS) is 17.7. The van der Waals surface area contributed by atoms with Crippen LogP contribution in [0.3, 0.4) is 0 Å². The standard InChI is InChI=1S/C21H30BrNO6S2/c1-21(2,20(25)29-13-14-30-31-17-7-3-5-9-23-17)15-16(22)19(24)28-12-11-27-18-8-4-6-10-26-18/h3,5,7,9,16,18H,4,6,8,10-15H2,1-2H3. The first-order valence-electron chi connectivity index (χ1n) is 10.3. The van der Waals surface area contributed by atoms with Crippen LogP contribution in [0.25, 0.3) is 0 Å². The third kappa shape index (κ3) is 10.6. The number of pyridine rings is 1. The predicted octanol–water partition coefficient (Wildman–Crippen LogP) is 4.63. The smallest absolute Gasteiger partial charge is 0.319 e. The SMILES string of the molecule is CC(C)(CC(Br)C(=O)OCCOC1CCCCO1)C(=O)OCCSSc1ccccn1. The zero-order valence-corrected chi connectivity index (χ0v) is 21.1. The van der Waals surface area contributed by atoms with Gasteiger partial charge in [-0.05, 0) is 62.5 Å². The molecular weight excluding hydrogens is 506 g/mol. The molecule has 10 heteroatoms. The second-order valence-corrected chi connectivity index (χ2v) is 11.1. The predicted molar refractivity (Wildman–Crippen MR) is 125 cm³/mol. The molecule has 0 amide bonds. The molecule has 0 radical (unpaired) electrons. The van der Waals surface area contributed by atoms with E-state index in [1.807, 2.05) is 18.2 Å². The van der Waals surface area contributed by atoms with Gasteiger partial charge in [0.2, 0.25) is 0 Å². The molecule has 1 aliphatic rings. The first-order valence-corrected chi connectivity index (χ1v) is 13.5. The molecule has 0 N–H and O–H groups in total. The molecule has 31 heavy (non-hydrogen) atoms. The third-order valence-electron chi connectivity index (χ3n) is 4.45. The van der Waals surface area contributed by atoms with Crippen molar-refractivity contribution in [2.75, 3.05) is 32.2 Å². The van der Waals surface area contributed by atoms with Crippen LogP contribution in [0.15, 0.2) is 29.4 Å². The van der Waals surface area contributed by atoms with E-state index in [4.69, 9.17) is 18.9 Å². The minimum absolute atomic E-state index is 0.150. The summed E-state index contributed by atoms with van der Waals surface area (Å²) < 4.78 is 21.6. The number of carbonyl (C=O) groups is 2. The number of alkyl halides is 1. The van der Waals surface area contributed by atoms with E-state index in [0.717, 1.165) is 24.3 Å². The zero-order chi connectivity index (χ0) is 22.5. The van der Waals surface area contributed by atoms with Crippen LogP contribution in [0.2, 0.25) is 0 Å². The molecule has 2 rings (SSSR count). The number of halogens is 1. The van der Waals surface area contributed by atoms with Crippen LogP contribution in [-0.4, -0.2) is 60.2 Å². The van der Waals surface area contributed by atoms with Crippen LogP contribution in [0.5, 0.6) is 0 Å². The Morgan fingerprint density at radius 3 is 2.81 bits per heavy atom. The zero-order valence-electron chi connectivity index (χ0n) is 17.9. The molecule has 1 aromatic rings. The number of esters is 2. The summed E-state index contributed by atoms with van der Waals surface area (Å²) in [4.78, 5) is 28.3. The molecule has 0 spiro atoms. The highest BCUT2D eigenvalue weighted by Gasteiger charge is 2.34. The van der Waals surface area contributed by atoms with E-state index in [9.17, 15) is 9.59 Å². The van der Waals surface area contributed by atoms with Crippen LogP contribution >= 0.6 is 37.5 Å². The van der Waals surface area contributed by atoms with Gasteiger partial charge in [-0.3, -0.25) is 9.59 Å². The Labute approximate surface area is 200 Å². The Morgan fingerprint density at radius 2 is 2.10 bits per heavy atom. The van der Waals surface area contributed by atoms with Gasteiger partial charge in [-0.2, -0.15) is 0 Å². The van der Waals surface area contributed by atoms with Crippen molar-refractivity contribution in [1.82, 2.24) is 4.98 Å². The van der Waals surface area contributed by atoms with Crippen molar-refractivity contribution in [2.45, 2.75) is 55.7 Å². The summed E-state index contributed by atoms with van der Waals surface area (Å²) >= 11 is 3.33. The lowest BCUT2D eigenvalue weighted by Gasteiger charge is -2.25. The summed E-state index contributed by atoms with van der Waals surface area (Å²) in [5.74, 6) is -0.115. The molecule has 1 saturated heterocycles. The molecule has 1 fully saturated rings. The Bertz CT molecular complexity index is 673. The fraction of sp³-hybridized carbons (Fsp3) is 0.667. The second-order valence-electron chi connectivity index (χ2n) is 7.60. The van der Waals surface area contributed by atoms with Crippen molar-refractivity contribution in [3.63, 3.8) is 0 Å². The third-order valence-corrected chi connectivity index (χ3v) is 7.38. The Kier molecular flexibility index (Phi) is 12.2. The maximum atomic E-state index is 12.4. The fourth-order valence-corrected chi connectivity index (χ4v) is 5.38. The van der Waals surface area contributed by atoms with Gasteiger partial charge in [0.1, 0.15) is 23.1 Å². The van der Waals surface area contributed by atoms with Crippen molar-refractivity contribution in [3.05, 3.63) is 24.4 Å². The van der Waals surface area contributed by atoms with E-state index >= 15 is 0 Å². The number of ether oxygens (including phenoxy) is 4. The minimum atomic E-state index is -0.821. The van der Waals surface area contributed by atoms with E-state index in [2.05, 4.69) is 20.9 Å². The van der Waals surface area contributed by atoms with Crippen LogP contribution in [0.1, 0.15) is 39.5 Å². The van der Waals surface area contributed by atoms with Crippen LogP contribution in [0, 0.1) is 5.41 Å². The Morgan fingerprint density at radius 1 is 1.26 bits per heavy atom. The number of rotatable bonds is 13. The average Bonchev–Trinajstić information content (AvgIpc) is 2.77. The molecule has 7 nitrogen and oxygen atoms in total. The van der Waals surface area contributed by atoms with Crippen molar-refractivity contribution in [1.29, 1.82) is 0 Å². The van der Waals surface area contributed by atoms with E-state index in [1.165, 1.54) is 10.8 Å². The number of hydrogen-bond acceptors (Lipinski definition) is 9. The van der Waals surface area contributed by atoms with Crippen LogP contribution < -0.4 is 0 Å². The monoisotopic (exact) mass is 535 g/mol. The lowest BCUT2D eigenvalue weighted by molar-refractivity contribution is -0.173. The number of carbonyl (C=O) groups excluding carboxylic acids is 2. The number of aromatic nitrogens is 1. The lowest BCUT2D eigenvalue weighted by Crippen LogP contribution is -2.33. The summed E-state index contributed by atoms with van der Waals surface area (Å²) in [5.41, 5.74) is -0.821. The van der Waals surface area contributed by atoms with E-state index < -0.39 is 16.2 Å². The molecular formula is C21H30BrNO6S2. The number of hydrogen-bond donors (Lipinski definition) is 0. The molecule has 2 heterocycles. The molecule has 0 bridgehead atoms. The molecule has 1 aromatic heterocycles. The van der Waals surface area contributed by atoms with E-state index in [1.54, 1.807) is 30.8 Å². The maximum absolute atomic E-state index is 12.4. The van der Waals surface area contributed by atoms with Gasteiger partial charge in [-0.15, -0.1) is 0 Å². The average molecular weight is 537 g/mol. The van der Waals surface area contributed by atoms with E-state index in [-0.39, 0.29) is 31.9 Å². The first-order chi connectivity index (χ1) is 14.9. The van der Waals surface area contributed by atoms with Gasteiger partial charge in [0.05, 0.1) is 12.0 Å². The summed E-state index contributed by atoms with van der Waals surface area (Å²) in [6.07, 6.45) is 4.81. The summed E-state index contributed by atoms with van der Waals surface area (Å²) in [5, 5.41) is 0.913. The quantitative estimate of drug-likeness (QED) is 0.155. The van der Waals surface area contributed by atoms with Gasteiger partial charge in [-0.1, -0.05) is 32.8 Å². The van der Waals surface area contributed by atoms with Crippen molar-refractivity contribution < 1.29 is 28.5 Å². The molecule has 174 valence electrons. The highest BCUT2D eigenvalue weighted by atomic mass is 79.9. The molecule has 2 atom stereocenters. The Balaban J connectivity index is 1.58. The topological polar surface area (TPSA) is 84.0 Å². The summed E-state index contributed by atoms with van der Waals surface area (Å²) in [6.45, 7) is 4.96. The Hall–Kier alpha value is -0.810. The molecule has 0 saturated carbocycles. The van der Waals surface area contributed by atoms with Gasteiger partial charge in [-0.25, -0.2) is 4.98 Å². The highest BCUT2D eigenvalue weighted by molar-refractivity contribution is 9.10. The highest BCUT2D eigenvalue weighted by Crippen LogP contribution is 2.30. The molecule has 1 aliphatic heterocycles. The first kappa shape index (κ1) is 26.4. The second kappa shape index (κ2) is 14.4. The molecule has 0 aliphatic carbocycles. The van der Waals surface area contributed by atoms with Gasteiger partial charge in [0, 0.05) is 18.6 Å². The van der Waals surface area contributed by atoms with Crippen molar-refractivity contribution >= 4 is 49.5 Å². The van der Waals surface area contributed by atoms with Crippen molar-refractivity contribution in [3.8, 4) is 0 Å². The number of nitrogens with zero attached hydrogens (tertiary/aromatic N) is 1. The van der Waals surface area contributed by atoms with E-state index in [0.29, 0.717) is 19.0 Å². The largest absolute Gasteiger partial charge is 0.464 e. The summed E-state index contributed by atoms with van der Waals surface area (Å²) in [6, 6.07) is 5.72. The van der Waals surface area contributed by atoms with Gasteiger partial charge >= 0.3 is 11.9 Å². The van der Waals surface area contributed by atoms with Gasteiger partial charge < -0.3 is 18.9 Å².